The van der Waals surface area contributed by atoms with E-state index >= 15 is 0 Å². The van der Waals surface area contributed by atoms with E-state index in [9.17, 15) is 4.79 Å². The Morgan fingerprint density at radius 1 is 1.57 bits per heavy atom. The van der Waals surface area contributed by atoms with Gasteiger partial charge in [-0.25, -0.2) is 0 Å². The van der Waals surface area contributed by atoms with Crippen molar-refractivity contribution in [1.82, 2.24) is 4.57 Å². The van der Waals surface area contributed by atoms with Crippen molar-refractivity contribution in [3.63, 3.8) is 0 Å². The lowest BCUT2D eigenvalue weighted by Crippen LogP contribution is -2.13. The van der Waals surface area contributed by atoms with Crippen molar-refractivity contribution in [2.24, 2.45) is 0 Å². The summed E-state index contributed by atoms with van der Waals surface area (Å²) in [6, 6.07) is 4.27. The molecule has 1 aliphatic heterocycles. The molecule has 3 nitrogen and oxygen atoms in total. The van der Waals surface area contributed by atoms with E-state index in [4.69, 9.17) is 5.11 Å². The third kappa shape index (κ3) is 1.81. The highest BCUT2D eigenvalue weighted by atomic mass is 16.4. The summed E-state index contributed by atoms with van der Waals surface area (Å²) in [6.45, 7) is 0. The fraction of sp³-hybridized carbons (Fsp3) is 0.545. The molecule has 1 aromatic rings. The molecule has 0 aromatic carbocycles. The molecule has 76 valence electrons. The Kier molecular flexibility index (Phi) is 2.57. The highest BCUT2D eigenvalue weighted by Crippen LogP contribution is 2.26. The Labute approximate surface area is 83.4 Å². The van der Waals surface area contributed by atoms with E-state index in [0.29, 0.717) is 0 Å². The van der Waals surface area contributed by atoms with Gasteiger partial charge in [-0.15, -0.1) is 0 Å². The molecule has 0 saturated carbocycles. The molecule has 1 N–H and O–H groups in total. The van der Waals surface area contributed by atoms with Crippen LogP contribution in [0.3, 0.4) is 0 Å². The van der Waals surface area contributed by atoms with E-state index in [1.165, 1.54) is 12.1 Å². The fourth-order valence-electron chi connectivity index (χ4n) is 2.22. The molecule has 0 bridgehead atoms. The van der Waals surface area contributed by atoms with Crippen molar-refractivity contribution in [2.75, 3.05) is 0 Å². The van der Waals surface area contributed by atoms with E-state index < -0.39 is 5.97 Å². The van der Waals surface area contributed by atoms with Gasteiger partial charge in [0, 0.05) is 17.9 Å². The first-order chi connectivity index (χ1) is 6.77. The van der Waals surface area contributed by atoms with Crippen LogP contribution in [0, 0.1) is 0 Å². The van der Waals surface area contributed by atoms with Crippen molar-refractivity contribution in [1.29, 1.82) is 0 Å². The maximum absolute atomic E-state index is 10.7. The van der Waals surface area contributed by atoms with E-state index in [1.54, 1.807) is 0 Å². The van der Waals surface area contributed by atoms with E-state index in [0.717, 1.165) is 19.3 Å². The molecule has 0 spiro atoms. The number of rotatable bonds is 2. The molecule has 3 heteroatoms. The molecular weight excluding hydrogens is 178 g/mol. The topological polar surface area (TPSA) is 42.2 Å². The fourth-order valence-corrected chi connectivity index (χ4v) is 2.22. The van der Waals surface area contributed by atoms with Crippen LogP contribution < -0.4 is 0 Å². The summed E-state index contributed by atoms with van der Waals surface area (Å²) in [6.07, 6.45) is 6.66. The zero-order chi connectivity index (χ0) is 9.97. The van der Waals surface area contributed by atoms with Gasteiger partial charge in [0.2, 0.25) is 0 Å². The average Bonchev–Trinajstić information content (AvgIpc) is 2.51. The highest BCUT2D eigenvalue weighted by Gasteiger charge is 2.19. The standard InChI is InChI=1S/C11H15NO2/c13-11(14)8-10-5-2-1-4-9-6-3-7-12(9)10/h3,6-7,10H,1-2,4-5,8H2,(H,13,14). The van der Waals surface area contributed by atoms with Crippen molar-refractivity contribution in [3.8, 4) is 0 Å². The second kappa shape index (κ2) is 3.86. The van der Waals surface area contributed by atoms with Gasteiger partial charge in [0.1, 0.15) is 0 Å². The summed E-state index contributed by atoms with van der Waals surface area (Å²) in [7, 11) is 0. The molecule has 1 aromatic heterocycles. The van der Waals surface area contributed by atoms with Crippen LogP contribution in [0.1, 0.15) is 37.4 Å². The van der Waals surface area contributed by atoms with Gasteiger partial charge >= 0.3 is 5.97 Å². The highest BCUT2D eigenvalue weighted by molar-refractivity contribution is 5.67. The number of carbonyl (C=O) groups is 1. The van der Waals surface area contributed by atoms with Gasteiger partial charge in [-0.3, -0.25) is 4.79 Å². The zero-order valence-electron chi connectivity index (χ0n) is 8.15. The van der Waals surface area contributed by atoms with Crippen LogP contribution in [-0.4, -0.2) is 15.6 Å². The van der Waals surface area contributed by atoms with Crippen LogP contribution >= 0.6 is 0 Å². The van der Waals surface area contributed by atoms with Crippen LogP contribution in [0.25, 0.3) is 0 Å². The van der Waals surface area contributed by atoms with Crippen LogP contribution in [0.5, 0.6) is 0 Å². The molecule has 0 radical (unpaired) electrons. The molecule has 1 atom stereocenters. The Hall–Kier alpha value is -1.25. The molecule has 1 unspecified atom stereocenters. The summed E-state index contributed by atoms with van der Waals surface area (Å²) in [5.41, 5.74) is 1.29. The number of aryl methyl sites for hydroxylation is 1. The minimum Gasteiger partial charge on any atom is -0.481 e. The van der Waals surface area contributed by atoms with Gasteiger partial charge in [-0.2, -0.15) is 0 Å². The lowest BCUT2D eigenvalue weighted by atomic mass is 10.1. The van der Waals surface area contributed by atoms with E-state index in [2.05, 4.69) is 10.6 Å². The number of hydrogen-bond acceptors (Lipinski definition) is 1. The smallest absolute Gasteiger partial charge is 0.305 e. The first kappa shape index (κ1) is 9.31. The molecule has 0 amide bonds. The SMILES string of the molecule is O=C(O)CC1CCCCc2cccn21. The van der Waals surface area contributed by atoms with Crippen LogP contribution in [0.2, 0.25) is 0 Å². The predicted octanol–water partition coefficient (Wildman–Crippen LogP) is 2.23. The van der Waals surface area contributed by atoms with Gasteiger partial charge in [0.25, 0.3) is 0 Å². The third-order valence-electron chi connectivity index (χ3n) is 2.89. The Bertz CT molecular complexity index is 330. The Morgan fingerprint density at radius 3 is 3.21 bits per heavy atom. The minimum absolute atomic E-state index is 0.167. The molecule has 1 aliphatic rings. The lowest BCUT2D eigenvalue weighted by Gasteiger charge is -2.16. The maximum atomic E-state index is 10.7. The molecular formula is C11H15NO2. The van der Waals surface area contributed by atoms with Crippen molar-refractivity contribution in [3.05, 3.63) is 24.0 Å². The molecule has 2 rings (SSSR count). The van der Waals surface area contributed by atoms with Gasteiger partial charge in [-0.1, -0.05) is 6.42 Å². The zero-order valence-corrected chi connectivity index (χ0v) is 8.15. The number of hydrogen-bond donors (Lipinski definition) is 1. The van der Waals surface area contributed by atoms with Crippen molar-refractivity contribution >= 4 is 5.97 Å². The number of aromatic nitrogens is 1. The largest absolute Gasteiger partial charge is 0.481 e. The van der Waals surface area contributed by atoms with Crippen molar-refractivity contribution in [2.45, 2.75) is 38.1 Å². The Morgan fingerprint density at radius 2 is 2.43 bits per heavy atom. The summed E-state index contributed by atoms with van der Waals surface area (Å²) < 4.78 is 2.14. The monoisotopic (exact) mass is 193 g/mol. The quantitative estimate of drug-likeness (QED) is 0.782. The number of carboxylic acid groups (broad SMARTS) is 1. The van der Waals surface area contributed by atoms with E-state index in [-0.39, 0.29) is 12.5 Å². The molecule has 2 heterocycles. The number of fused-ring (bicyclic) bond motifs is 1. The summed E-state index contributed by atoms with van der Waals surface area (Å²) in [4.78, 5) is 10.7. The second-order valence-corrected chi connectivity index (χ2v) is 3.90. The average molecular weight is 193 g/mol. The maximum Gasteiger partial charge on any atom is 0.305 e. The number of carboxylic acids is 1. The number of nitrogens with zero attached hydrogens (tertiary/aromatic N) is 1. The summed E-state index contributed by atoms with van der Waals surface area (Å²) in [5.74, 6) is -0.698. The van der Waals surface area contributed by atoms with Gasteiger partial charge < -0.3 is 9.67 Å². The van der Waals surface area contributed by atoms with Crippen molar-refractivity contribution < 1.29 is 9.90 Å². The summed E-state index contributed by atoms with van der Waals surface area (Å²) >= 11 is 0. The van der Waals surface area contributed by atoms with Gasteiger partial charge in [0.05, 0.1) is 6.42 Å². The minimum atomic E-state index is -0.698. The second-order valence-electron chi connectivity index (χ2n) is 3.90. The Balaban J connectivity index is 2.21. The first-order valence-electron chi connectivity index (χ1n) is 5.15. The summed E-state index contributed by atoms with van der Waals surface area (Å²) in [5, 5.41) is 8.81. The van der Waals surface area contributed by atoms with E-state index in [1.807, 2.05) is 12.3 Å². The molecule has 14 heavy (non-hydrogen) atoms. The number of aliphatic carboxylic acids is 1. The molecule has 0 fully saturated rings. The van der Waals surface area contributed by atoms with Crippen LogP contribution in [0.4, 0.5) is 0 Å². The van der Waals surface area contributed by atoms with Crippen LogP contribution in [0.15, 0.2) is 18.3 Å². The van der Waals surface area contributed by atoms with Gasteiger partial charge in [0.15, 0.2) is 0 Å². The first-order valence-corrected chi connectivity index (χ1v) is 5.15. The third-order valence-corrected chi connectivity index (χ3v) is 2.89. The van der Waals surface area contributed by atoms with Gasteiger partial charge in [-0.05, 0) is 31.4 Å². The lowest BCUT2D eigenvalue weighted by molar-refractivity contribution is -0.137. The molecule has 0 saturated heterocycles. The predicted molar refractivity (Wildman–Crippen MR) is 53.3 cm³/mol. The van der Waals surface area contributed by atoms with Crippen LogP contribution in [-0.2, 0) is 11.2 Å². The normalized spacial score (nSPS) is 21.3. The molecule has 0 aliphatic carbocycles.